The van der Waals surface area contributed by atoms with E-state index in [2.05, 4.69) is 12.2 Å². The molecular formula is C12H25NO2S. The van der Waals surface area contributed by atoms with Crippen LogP contribution >= 0.6 is 0 Å². The Kier molecular flexibility index (Phi) is 5.25. The summed E-state index contributed by atoms with van der Waals surface area (Å²) in [5.74, 6) is 0.875. The lowest BCUT2D eigenvalue weighted by molar-refractivity contribution is 0.380. The molecule has 1 saturated carbocycles. The Balaban J connectivity index is 2.62. The van der Waals surface area contributed by atoms with Gasteiger partial charge < -0.3 is 5.32 Å². The maximum Gasteiger partial charge on any atom is 0.154 e. The maximum atomic E-state index is 12.2. The van der Waals surface area contributed by atoms with E-state index in [4.69, 9.17) is 0 Å². The van der Waals surface area contributed by atoms with Crippen LogP contribution in [-0.4, -0.2) is 32.5 Å². The van der Waals surface area contributed by atoms with Crippen LogP contribution in [0.15, 0.2) is 0 Å². The van der Waals surface area contributed by atoms with Crippen molar-refractivity contribution in [1.29, 1.82) is 0 Å². The molecule has 0 aromatic carbocycles. The van der Waals surface area contributed by atoms with Crippen molar-refractivity contribution in [3.63, 3.8) is 0 Å². The predicted octanol–water partition coefficient (Wildman–Crippen LogP) is 1.98. The van der Waals surface area contributed by atoms with Gasteiger partial charge in [-0.15, -0.1) is 0 Å². The molecule has 96 valence electrons. The smallest absolute Gasteiger partial charge is 0.154 e. The Bertz CT molecular complexity index is 296. The SMILES string of the molecule is CCC(CS(=O)(=O)C1CCCC(C)C1)NC. The molecule has 0 spiro atoms. The van der Waals surface area contributed by atoms with Crippen LogP contribution in [0.3, 0.4) is 0 Å². The van der Waals surface area contributed by atoms with Gasteiger partial charge in [-0.25, -0.2) is 8.42 Å². The second-order valence-corrected chi connectivity index (χ2v) is 7.44. The molecule has 0 aromatic rings. The minimum Gasteiger partial charge on any atom is -0.316 e. The van der Waals surface area contributed by atoms with Crippen molar-refractivity contribution in [2.24, 2.45) is 5.92 Å². The number of hydrogen-bond donors (Lipinski definition) is 1. The van der Waals surface area contributed by atoms with Crippen molar-refractivity contribution >= 4 is 9.84 Å². The Morgan fingerprint density at radius 3 is 2.56 bits per heavy atom. The second kappa shape index (κ2) is 6.01. The first-order chi connectivity index (χ1) is 7.49. The zero-order chi connectivity index (χ0) is 12.2. The van der Waals surface area contributed by atoms with Crippen LogP contribution in [0.5, 0.6) is 0 Å². The molecule has 1 rings (SSSR count). The lowest BCUT2D eigenvalue weighted by Crippen LogP contribution is -2.38. The molecule has 0 aliphatic heterocycles. The number of nitrogens with one attached hydrogen (secondary N) is 1. The summed E-state index contributed by atoms with van der Waals surface area (Å²) in [6.45, 7) is 4.19. The Labute approximate surface area is 99.9 Å². The zero-order valence-corrected chi connectivity index (χ0v) is 11.5. The van der Waals surface area contributed by atoms with Crippen LogP contribution in [0.25, 0.3) is 0 Å². The van der Waals surface area contributed by atoms with E-state index in [1.165, 1.54) is 6.42 Å². The Morgan fingerprint density at radius 2 is 2.06 bits per heavy atom. The summed E-state index contributed by atoms with van der Waals surface area (Å²) in [6.07, 6.45) is 4.87. The van der Waals surface area contributed by atoms with Gasteiger partial charge in [-0.1, -0.05) is 26.7 Å². The summed E-state index contributed by atoms with van der Waals surface area (Å²) in [6, 6.07) is 0.113. The molecule has 0 radical (unpaired) electrons. The highest BCUT2D eigenvalue weighted by Gasteiger charge is 2.31. The van der Waals surface area contributed by atoms with Crippen molar-refractivity contribution < 1.29 is 8.42 Å². The molecular weight excluding hydrogens is 222 g/mol. The van der Waals surface area contributed by atoms with Gasteiger partial charge in [0, 0.05) is 6.04 Å². The minimum atomic E-state index is -2.90. The van der Waals surface area contributed by atoms with Crippen molar-refractivity contribution in [3.05, 3.63) is 0 Å². The third-order valence-corrected chi connectivity index (χ3v) is 6.04. The van der Waals surface area contributed by atoms with Crippen LogP contribution in [-0.2, 0) is 9.84 Å². The van der Waals surface area contributed by atoms with E-state index >= 15 is 0 Å². The van der Waals surface area contributed by atoms with E-state index < -0.39 is 9.84 Å². The molecule has 0 aromatic heterocycles. The first-order valence-electron chi connectivity index (χ1n) is 6.38. The monoisotopic (exact) mass is 247 g/mol. The Hall–Kier alpha value is -0.0900. The van der Waals surface area contributed by atoms with Crippen LogP contribution in [0, 0.1) is 5.92 Å². The van der Waals surface area contributed by atoms with Gasteiger partial charge >= 0.3 is 0 Å². The number of sulfone groups is 1. The van der Waals surface area contributed by atoms with Gasteiger partial charge in [-0.05, 0) is 32.2 Å². The molecule has 0 amide bonds. The molecule has 0 saturated heterocycles. The van der Waals surface area contributed by atoms with E-state index in [0.29, 0.717) is 11.7 Å². The lowest BCUT2D eigenvalue weighted by atomic mass is 9.91. The average molecular weight is 247 g/mol. The predicted molar refractivity (Wildman–Crippen MR) is 68.3 cm³/mol. The van der Waals surface area contributed by atoms with Gasteiger partial charge in [0.25, 0.3) is 0 Å². The minimum absolute atomic E-state index is 0.0846. The molecule has 0 heterocycles. The fraction of sp³-hybridized carbons (Fsp3) is 1.00. The summed E-state index contributed by atoms with van der Waals surface area (Å²) in [7, 11) is -1.06. The van der Waals surface area contributed by atoms with Crippen LogP contribution < -0.4 is 5.32 Å². The third kappa shape index (κ3) is 3.74. The summed E-state index contributed by atoms with van der Waals surface area (Å²) in [5.41, 5.74) is 0. The largest absolute Gasteiger partial charge is 0.316 e. The third-order valence-electron chi connectivity index (χ3n) is 3.73. The molecule has 1 fully saturated rings. The molecule has 4 heteroatoms. The van der Waals surface area contributed by atoms with E-state index in [1.807, 2.05) is 14.0 Å². The highest BCUT2D eigenvalue weighted by molar-refractivity contribution is 7.92. The normalized spacial score (nSPS) is 28.9. The van der Waals surface area contributed by atoms with Crippen molar-refractivity contribution in [3.8, 4) is 0 Å². The van der Waals surface area contributed by atoms with E-state index in [-0.39, 0.29) is 11.3 Å². The average Bonchev–Trinajstić information content (AvgIpc) is 2.26. The lowest BCUT2D eigenvalue weighted by Gasteiger charge is -2.27. The fourth-order valence-corrected chi connectivity index (χ4v) is 4.91. The number of rotatable bonds is 5. The first kappa shape index (κ1) is 14.0. The van der Waals surface area contributed by atoms with E-state index in [9.17, 15) is 8.42 Å². The van der Waals surface area contributed by atoms with Crippen LogP contribution in [0.4, 0.5) is 0 Å². The van der Waals surface area contributed by atoms with Crippen molar-refractivity contribution in [1.82, 2.24) is 5.32 Å². The van der Waals surface area contributed by atoms with E-state index in [0.717, 1.165) is 25.7 Å². The summed E-state index contributed by atoms with van der Waals surface area (Å²) >= 11 is 0. The van der Waals surface area contributed by atoms with Gasteiger partial charge in [0.15, 0.2) is 9.84 Å². The molecule has 3 unspecified atom stereocenters. The molecule has 3 nitrogen and oxygen atoms in total. The molecule has 1 aliphatic rings. The molecule has 0 bridgehead atoms. The first-order valence-corrected chi connectivity index (χ1v) is 8.10. The van der Waals surface area contributed by atoms with Gasteiger partial charge in [0.1, 0.15) is 0 Å². The maximum absolute atomic E-state index is 12.2. The van der Waals surface area contributed by atoms with Crippen molar-refractivity contribution in [2.45, 2.75) is 57.2 Å². The van der Waals surface area contributed by atoms with Crippen LogP contribution in [0.2, 0.25) is 0 Å². The standard InChI is InChI=1S/C12H25NO2S/c1-4-11(13-3)9-16(14,15)12-7-5-6-10(2)8-12/h10-13H,4-9H2,1-3H3. The molecule has 1 N–H and O–H groups in total. The quantitative estimate of drug-likeness (QED) is 0.808. The van der Waals surface area contributed by atoms with Gasteiger partial charge in [-0.2, -0.15) is 0 Å². The highest BCUT2D eigenvalue weighted by atomic mass is 32.2. The summed E-state index contributed by atoms with van der Waals surface area (Å²) in [5, 5.41) is 2.99. The summed E-state index contributed by atoms with van der Waals surface area (Å²) < 4.78 is 24.4. The number of hydrogen-bond acceptors (Lipinski definition) is 3. The second-order valence-electron chi connectivity index (χ2n) is 5.12. The van der Waals surface area contributed by atoms with Gasteiger partial charge in [0.05, 0.1) is 11.0 Å². The van der Waals surface area contributed by atoms with Gasteiger partial charge in [0.2, 0.25) is 0 Å². The van der Waals surface area contributed by atoms with Crippen LogP contribution in [0.1, 0.15) is 46.0 Å². The fourth-order valence-electron chi connectivity index (χ4n) is 2.53. The molecule has 1 aliphatic carbocycles. The molecule has 3 atom stereocenters. The van der Waals surface area contributed by atoms with Gasteiger partial charge in [-0.3, -0.25) is 0 Å². The molecule has 16 heavy (non-hydrogen) atoms. The Morgan fingerprint density at radius 1 is 1.38 bits per heavy atom. The van der Waals surface area contributed by atoms with E-state index in [1.54, 1.807) is 0 Å². The summed E-state index contributed by atoms with van der Waals surface area (Å²) in [4.78, 5) is 0. The highest BCUT2D eigenvalue weighted by Crippen LogP contribution is 2.29. The zero-order valence-electron chi connectivity index (χ0n) is 10.7. The topological polar surface area (TPSA) is 46.2 Å². The van der Waals surface area contributed by atoms with Crippen molar-refractivity contribution in [2.75, 3.05) is 12.8 Å².